The number of hydrogen-bond acceptors (Lipinski definition) is 11. The summed E-state index contributed by atoms with van der Waals surface area (Å²) in [4.78, 5) is 103. The summed E-state index contributed by atoms with van der Waals surface area (Å²) in [5.41, 5.74) is 1.38. The number of carboxylic acids is 1. The molecule has 0 fully saturated rings. The van der Waals surface area contributed by atoms with Crippen LogP contribution in [0.5, 0.6) is 5.75 Å². The Morgan fingerprint density at radius 3 is 1.62 bits per heavy atom. The molecule has 0 radical (unpaired) electrons. The summed E-state index contributed by atoms with van der Waals surface area (Å²) in [7, 11) is 0. The molecule has 0 aliphatic rings. The van der Waals surface area contributed by atoms with E-state index in [1.807, 2.05) is 0 Å². The van der Waals surface area contributed by atoms with Gasteiger partial charge in [0.1, 0.15) is 42.0 Å². The van der Waals surface area contributed by atoms with Crippen LogP contribution in [0.1, 0.15) is 44.6 Å². The zero-order valence-corrected chi connectivity index (χ0v) is 29.4. The van der Waals surface area contributed by atoms with E-state index in [0.29, 0.717) is 17.0 Å². The number of aromatic amines is 2. The van der Waals surface area contributed by atoms with E-state index in [-0.39, 0.29) is 25.0 Å². The van der Waals surface area contributed by atoms with Gasteiger partial charge in [-0.15, -0.1) is 0 Å². The second kappa shape index (κ2) is 19.3. The number of aromatic hydroxyl groups is 1. The lowest BCUT2D eigenvalue weighted by Crippen LogP contribution is -2.60. The van der Waals surface area contributed by atoms with Crippen LogP contribution in [0, 0.1) is 0 Å². The van der Waals surface area contributed by atoms with Crippen molar-refractivity contribution in [1.29, 1.82) is 0 Å². The van der Waals surface area contributed by atoms with Gasteiger partial charge in [0, 0.05) is 50.0 Å². The molecule has 0 bridgehead atoms. The minimum Gasteiger partial charge on any atom is -0.508 e. The number of aliphatic carboxylic acids is 1. The molecule has 6 amide bonds. The standard InChI is InChI=1S/C33H44N10O10/c1-16(38-19(4)45)28(47)40-25(10-21-12-34-14-36-21)31(50)41-24(9-20-5-7-23(46)8-6-20)30(49)39-17(2)29(48)43-27(18(3)44)32(51)42-26(33(52)53)11-22-13-35-15-37-22/h5-8,12-18,24-27,44,46H,9-11H2,1-4H3,(H,34,36)(H,35,37)(H,38,45)(H,39,49)(H,40,47)(H,41,50)(H,42,51)(H,43,48)(H,52,53)/t16-,17-,18+,24-,25-,26-,27-/m0/s1. The van der Waals surface area contributed by atoms with Crippen molar-refractivity contribution in [3.8, 4) is 5.75 Å². The minimum absolute atomic E-state index is 0.0487. The molecular weight excluding hydrogens is 696 g/mol. The van der Waals surface area contributed by atoms with E-state index >= 15 is 0 Å². The lowest BCUT2D eigenvalue weighted by Gasteiger charge is -2.27. The van der Waals surface area contributed by atoms with E-state index in [1.54, 1.807) is 0 Å². The molecule has 20 heteroatoms. The number of benzene rings is 1. The quantitative estimate of drug-likeness (QED) is 0.0599. The first-order valence-electron chi connectivity index (χ1n) is 16.5. The third-order valence-corrected chi connectivity index (χ3v) is 7.84. The molecule has 53 heavy (non-hydrogen) atoms. The number of carboxylic acid groups (broad SMARTS) is 1. The lowest BCUT2D eigenvalue weighted by atomic mass is 10.0. The molecule has 0 saturated carbocycles. The third-order valence-electron chi connectivity index (χ3n) is 7.84. The van der Waals surface area contributed by atoms with Gasteiger partial charge in [-0.2, -0.15) is 0 Å². The first kappa shape index (κ1) is 41.1. The Labute approximate surface area is 303 Å². The molecule has 20 nitrogen and oxygen atoms in total. The summed E-state index contributed by atoms with van der Waals surface area (Å²) >= 11 is 0. The largest absolute Gasteiger partial charge is 0.508 e. The number of phenolic OH excluding ortho intramolecular Hbond substituents is 1. The van der Waals surface area contributed by atoms with Crippen molar-refractivity contribution in [3.05, 3.63) is 66.3 Å². The van der Waals surface area contributed by atoms with Crippen LogP contribution < -0.4 is 31.9 Å². The van der Waals surface area contributed by atoms with Crippen LogP contribution in [0.15, 0.2) is 49.3 Å². The van der Waals surface area contributed by atoms with Crippen molar-refractivity contribution in [3.63, 3.8) is 0 Å². The van der Waals surface area contributed by atoms with Gasteiger partial charge in [-0.1, -0.05) is 12.1 Å². The van der Waals surface area contributed by atoms with E-state index in [9.17, 15) is 48.9 Å². The molecule has 0 spiro atoms. The van der Waals surface area contributed by atoms with Crippen molar-refractivity contribution in [2.75, 3.05) is 0 Å². The van der Waals surface area contributed by atoms with Gasteiger partial charge in [-0.25, -0.2) is 14.8 Å². The second-order valence-electron chi connectivity index (χ2n) is 12.3. The molecule has 0 unspecified atom stereocenters. The number of aliphatic hydroxyl groups is 1. The van der Waals surface area contributed by atoms with Gasteiger partial charge in [0.15, 0.2) is 0 Å². The summed E-state index contributed by atoms with van der Waals surface area (Å²) in [6.45, 7) is 5.14. The van der Waals surface area contributed by atoms with Crippen LogP contribution in [0.2, 0.25) is 0 Å². The first-order valence-corrected chi connectivity index (χ1v) is 16.5. The average molecular weight is 741 g/mol. The highest BCUT2D eigenvalue weighted by Crippen LogP contribution is 2.12. The zero-order valence-electron chi connectivity index (χ0n) is 29.4. The number of hydrogen-bond donors (Lipinski definition) is 11. The number of carbonyl (C=O) groups excluding carboxylic acids is 6. The highest BCUT2D eigenvalue weighted by atomic mass is 16.4. The molecule has 286 valence electrons. The summed E-state index contributed by atoms with van der Waals surface area (Å²) < 4.78 is 0. The molecule has 11 N–H and O–H groups in total. The van der Waals surface area contributed by atoms with Crippen LogP contribution in [-0.4, -0.2) is 119 Å². The molecular formula is C33H44N10O10. The highest BCUT2D eigenvalue weighted by Gasteiger charge is 2.33. The van der Waals surface area contributed by atoms with Crippen molar-refractivity contribution in [1.82, 2.24) is 51.8 Å². The lowest BCUT2D eigenvalue weighted by molar-refractivity contribution is -0.143. The molecule has 0 aliphatic heterocycles. The fraction of sp³-hybridized carbons (Fsp3) is 0.424. The maximum atomic E-state index is 13.7. The Kier molecular flexibility index (Phi) is 15.0. The highest BCUT2D eigenvalue weighted by molar-refractivity contribution is 5.96. The van der Waals surface area contributed by atoms with Crippen molar-refractivity contribution in [2.45, 2.75) is 89.3 Å². The van der Waals surface area contributed by atoms with Crippen LogP contribution in [0.4, 0.5) is 0 Å². The molecule has 0 saturated heterocycles. The predicted molar refractivity (Wildman–Crippen MR) is 184 cm³/mol. The third kappa shape index (κ3) is 13.1. The second-order valence-corrected chi connectivity index (χ2v) is 12.3. The Balaban J connectivity index is 1.77. The predicted octanol–water partition coefficient (Wildman–Crippen LogP) is -2.70. The average Bonchev–Trinajstić information content (AvgIpc) is 3.81. The van der Waals surface area contributed by atoms with E-state index in [2.05, 4.69) is 51.8 Å². The van der Waals surface area contributed by atoms with Crippen molar-refractivity contribution < 1.29 is 48.9 Å². The number of amides is 6. The van der Waals surface area contributed by atoms with Crippen LogP contribution in [0.3, 0.4) is 0 Å². The molecule has 1 aromatic carbocycles. The number of aromatic nitrogens is 4. The Morgan fingerprint density at radius 1 is 0.642 bits per heavy atom. The number of phenols is 1. The van der Waals surface area contributed by atoms with Gasteiger partial charge in [0.2, 0.25) is 35.4 Å². The zero-order chi connectivity index (χ0) is 39.2. The summed E-state index contributed by atoms with van der Waals surface area (Å²) in [5.74, 6) is -6.16. The molecule has 7 atom stereocenters. The number of nitrogens with one attached hydrogen (secondary N) is 8. The smallest absolute Gasteiger partial charge is 0.326 e. The Morgan fingerprint density at radius 2 is 1.11 bits per heavy atom. The Bertz CT molecular complexity index is 1710. The van der Waals surface area contributed by atoms with E-state index in [4.69, 9.17) is 0 Å². The normalized spacial score (nSPS) is 14.9. The van der Waals surface area contributed by atoms with Crippen LogP contribution in [-0.2, 0) is 52.8 Å². The van der Waals surface area contributed by atoms with Crippen LogP contribution >= 0.6 is 0 Å². The number of imidazole rings is 2. The van der Waals surface area contributed by atoms with E-state index in [1.165, 1.54) is 77.0 Å². The molecule has 2 aromatic heterocycles. The van der Waals surface area contributed by atoms with Gasteiger partial charge in [-0.3, -0.25) is 28.8 Å². The monoisotopic (exact) mass is 740 g/mol. The van der Waals surface area contributed by atoms with Gasteiger partial charge >= 0.3 is 5.97 Å². The maximum Gasteiger partial charge on any atom is 0.326 e. The summed E-state index contributed by atoms with van der Waals surface area (Å²) in [6.07, 6.45) is 3.66. The first-order chi connectivity index (χ1) is 25.0. The minimum atomic E-state index is -1.62. The van der Waals surface area contributed by atoms with E-state index < -0.39 is 83.8 Å². The fourth-order valence-electron chi connectivity index (χ4n) is 4.98. The van der Waals surface area contributed by atoms with Crippen LogP contribution in [0.25, 0.3) is 0 Å². The summed E-state index contributed by atoms with van der Waals surface area (Å²) in [6, 6.07) is -2.25. The van der Waals surface area contributed by atoms with Gasteiger partial charge in [0.25, 0.3) is 0 Å². The van der Waals surface area contributed by atoms with Gasteiger partial charge in [-0.05, 0) is 38.5 Å². The van der Waals surface area contributed by atoms with Gasteiger partial charge < -0.3 is 57.2 Å². The Hall–Kier alpha value is -6.31. The molecule has 3 rings (SSSR count). The fourth-order valence-corrected chi connectivity index (χ4v) is 4.98. The van der Waals surface area contributed by atoms with Gasteiger partial charge in [0.05, 0.1) is 18.8 Å². The number of rotatable bonds is 19. The number of aliphatic hydroxyl groups excluding tert-OH is 1. The SMILES string of the molecule is CC(=O)N[C@@H](C)C(=O)N[C@@H](Cc1cnc[nH]1)C(=O)N[C@@H](Cc1ccc(O)cc1)C(=O)N[C@@H](C)C(=O)N[C@H](C(=O)N[C@@H](Cc1cnc[nH]1)C(=O)O)[C@@H](C)O. The molecule has 3 aromatic rings. The van der Waals surface area contributed by atoms with Crippen molar-refractivity contribution in [2.24, 2.45) is 0 Å². The molecule has 0 aliphatic carbocycles. The van der Waals surface area contributed by atoms with E-state index in [0.717, 1.165) is 0 Å². The summed E-state index contributed by atoms with van der Waals surface area (Å²) in [5, 5.41) is 44.3. The number of carbonyl (C=O) groups is 7. The topological polar surface area (TPSA) is 310 Å². The van der Waals surface area contributed by atoms with Crippen molar-refractivity contribution >= 4 is 41.4 Å². The number of nitrogens with zero attached hydrogens (tertiary/aromatic N) is 2. The number of H-pyrrole nitrogens is 2. The molecule has 2 heterocycles. The maximum absolute atomic E-state index is 13.7.